The van der Waals surface area contributed by atoms with Gasteiger partial charge in [-0.3, -0.25) is 4.57 Å². The van der Waals surface area contributed by atoms with E-state index in [1.165, 1.54) is 0 Å². The molecule has 0 spiro atoms. The number of benzene rings is 3. The minimum atomic E-state index is -4.27. The van der Waals surface area contributed by atoms with E-state index in [9.17, 15) is 14.4 Å². The Hall–Kier alpha value is -1.67. The zero-order valence-corrected chi connectivity index (χ0v) is 10.3. The Morgan fingerprint density at radius 1 is 0.778 bits per heavy atom. The van der Waals surface area contributed by atoms with E-state index in [1.54, 1.807) is 18.2 Å². The van der Waals surface area contributed by atoms with Gasteiger partial charge in [-0.1, -0.05) is 48.5 Å². The highest BCUT2D eigenvalue weighted by molar-refractivity contribution is 7.60. The maximum absolute atomic E-state index is 11.6. The van der Waals surface area contributed by atoms with Crippen molar-refractivity contribution in [1.29, 1.82) is 0 Å². The third kappa shape index (κ3) is 1.73. The molecule has 0 aliphatic rings. The lowest BCUT2D eigenvalue weighted by Gasteiger charge is -2.11. The molecule has 3 aromatic rings. The van der Waals surface area contributed by atoms with Crippen LogP contribution in [0.1, 0.15) is 0 Å². The van der Waals surface area contributed by atoms with Crippen LogP contribution >= 0.6 is 7.60 Å². The molecule has 0 aliphatic carbocycles. The number of hydrogen-bond donors (Lipinski definition) is 2. The van der Waals surface area contributed by atoms with E-state index in [4.69, 9.17) is 0 Å². The number of rotatable bonds is 1. The second kappa shape index (κ2) is 3.92. The van der Waals surface area contributed by atoms with Gasteiger partial charge in [0, 0.05) is 0 Å². The van der Waals surface area contributed by atoms with Gasteiger partial charge in [-0.15, -0.1) is 0 Å². The average molecular weight is 258 g/mol. The van der Waals surface area contributed by atoms with Gasteiger partial charge < -0.3 is 9.79 Å². The minimum Gasteiger partial charge on any atom is -0.321 e. The molecule has 3 rings (SSSR count). The Bertz CT molecular complexity index is 789. The molecule has 0 aliphatic heterocycles. The van der Waals surface area contributed by atoms with E-state index in [0.717, 1.165) is 16.2 Å². The molecule has 0 amide bonds. The summed E-state index contributed by atoms with van der Waals surface area (Å²) in [6.07, 6.45) is 0. The third-order valence-electron chi connectivity index (χ3n) is 3.06. The molecule has 0 radical (unpaired) electrons. The summed E-state index contributed by atoms with van der Waals surface area (Å²) in [6.45, 7) is 0. The Kier molecular flexibility index (Phi) is 2.49. The lowest BCUT2D eigenvalue weighted by molar-refractivity contribution is 0.388. The Morgan fingerprint density at radius 2 is 1.33 bits per heavy atom. The van der Waals surface area contributed by atoms with Crippen molar-refractivity contribution in [2.45, 2.75) is 0 Å². The van der Waals surface area contributed by atoms with E-state index in [1.807, 2.05) is 36.4 Å². The van der Waals surface area contributed by atoms with Crippen molar-refractivity contribution in [3.05, 3.63) is 54.6 Å². The van der Waals surface area contributed by atoms with Crippen LogP contribution in [0, 0.1) is 0 Å². The van der Waals surface area contributed by atoms with Crippen molar-refractivity contribution in [3.63, 3.8) is 0 Å². The molecule has 0 heterocycles. The van der Waals surface area contributed by atoms with E-state index < -0.39 is 7.60 Å². The lowest BCUT2D eigenvalue weighted by Crippen LogP contribution is -2.05. The van der Waals surface area contributed by atoms with Gasteiger partial charge in [0.2, 0.25) is 0 Å². The van der Waals surface area contributed by atoms with Gasteiger partial charge in [0.05, 0.1) is 5.30 Å². The van der Waals surface area contributed by atoms with Gasteiger partial charge >= 0.3 is 7.60 Å². The topological polar surface area (TPSA) is 57.5 Å². The van der Waals surface area contributed by atoms with Crippen LogP contribution in [0.15, 0.2) is 54.6 Å². The van der Waals surface area contributed by atoms with Crippen molar-refractivity contribution in [3.8, 4) is 0 Å². The highest BCUT2D eigenvalue weighted by atomic mass is 31.2. The Balaban J connectivity index is 2.59. The molecular formula is C14H11O3P. The normalized spacial score (nSPS) is 12.1. The molecule has 90 valence electrons. The predicted molar refractivity (Wildman–Crippen MR) is 73.1 cm³/mol. The summed E-state index contributed by atoms with van der Waals surface area (Å²) in [6, 6.07) is 16.5. The highest BCUT2D eigenvalue weighted by Gasteiger charge is 2.21. The van der Waals surface area contributed by atoms with Crippen molar-refractivity contribution >= 4 is 34.4 Å². The first-order chi connectivity index (χ1) is 8.57. The van der Waals surface area contributed by atoms with E-state index in [2.05, 4.69) is 0 Å². The smallest absolute Gasteiger partial charge is 0.321 e. The fraction of sp³-hybridized carbons (Fsp3) is 0. The van der Waals surface area contributed by atoms with Crippen LogP contribution in [0.4, 0.5) is 0 Å². The average Bonchev–Trinajstić information content (AvgIpc) is 2.37. The van der Waals surface area contributed by atoms with Gasteiger partial charge in [0.25, 0.3) is 0 Å². The van der Waals surface area contributed by atoms with E-state index in [0.29, 0.717) is 5.39 Å². The molecule has 3 nitrogen and oxygen atoms in total. The quantitative estimate of drug-likeness (QED) is 0.521. The highest BCUT2D eigenvalue weighted by Crippen LogP contribution is 2.38. The summed E-state index contributed by atoms with van der Waals surface area (Å²) in [5.41, 5.74) is 0. The van der Waals surface area contributed by atoms with Crippen molar-refractivity contribution < 1.29 is 14.4 Å². The van der Waals surface area contributed by atoms with E-state index >= 15 is 0 Å². The Morgan fingerprint density at radius 3 is 2.00 bits per heavy atom. The summed E-state index contributed by atoms with van der Waals surface area (Å²) in [7, 11) is -4.27. The maximum Gasteiger partial charge on any atom is 0.356 e. The van der Waals surface area contributed by atoms with Crippen LogP contribution in [0.3, 0.4) is 0 Å². The van der Waals surface area contributed by atoms with Crippen LogP contribution in [-0.4, -0.2) is 9.79 Å². The molecule has 0 atom stereocenters. The third-order valence-corrected chi connectivity index (χ3v) is 4.06. The first kappa shape index (κ1) is 11.4. The summed E-state index contributed by atoms with van der Waals surface area (Å²) in [4.78, 5) is 18.9. The Labute approximate surface area is 104 Å². The second-order valence-electron chi connectivity index (χ2n) is 4.21. The SMILES string of the molecule is O=P(O)(O)c1cc2ccccc2c2ccccc12. The fourth-order valence-corrected chi connectivity index (χ4v) is 3.09. The van der Waals surface area contributed by atoms with Crippen molar-refractivity contribution in [1.82, 2.24) is 0 Å². The molecule has 0 aromatic heterocycles. The first-order valence-corrected chi connectivity index (χ1v) is 7.15. The van der Waals surface area contributed by atoms with Crippen LogP contribution < -0.4 is 5.30 Å². The largest absolute Gasteiger partial charge is 0.356 e. The van der Waals surface area contributed by atoms with Crippen molar-refractivity contribution in [2.24, 2.45) is 0 Å². The van der Waals surface area contributed by atoms with Crippen LogP contribution in [0.2, 0.25) is 0 Å². The van der Waals surface area contributed by atoms with Crippen LogP contribution in [-0.2, 0) is 4.57 Å². The molecule has 4 heteroatoms. The van der Waals surface area contributed by atoms with Crippen LogP contribution in [0.25, 0.3) is 21.5 Å². The zero-order valence-electron chi connectivity index (χ0n) is 9.45. The summed E-state index contributed by atoms with van der Waals surface area (Å²) in [5, 5.41) is 3.43. The molecule has 0 saturated carbocycles. The van der Waals surface area contributed by atoms with Gasteiger partial charge in [-0.2, -0.15) is 0 Å². The monoisotopic (exact) mass is 258 g/mol. The molecule has 18 heavy (non-hydrogen) atoms. The lowest BCUT2D eigenvalue weighted by atomic mass is 10.0. The molecule has 3 aromatic carbocycles. The summed E-state index contributed by atoms with van der Waals surface area (Å²) >= 11 is 0. The predicted octanol–water partition coefficient (Wildman–Crippen LogP) is 2.80. The van der Waals surface area contributed by atoms with Crippen molar-refractivity contribution in [2.75, 3.05) is 0 Å². The van der Waals surface area contributed by atoms with Gasteiger partial charge in [-0.05, 0) is 27.6 Å². The standard InChI is InChI=1S/C14H11O3P/c15-18(16,17)14-9-10-5-1-2-6-11(10)12-7-3-4-8-13(12)14/h1-9H,(H2,15,16,17). The molecule has 0 fully saturated rings. The van der Waals surface area contributed by atoms with Gasteiger partial charge in [0.15, 0.2) is 0 Å². The van der Waals surface area contributed by atoms with Crippen LogP contribution in [0.5, 0.6) is 0 Å². The number of hydrogen-bond acceptors (Lipinski definition) is 1. The minimum absolute atomic E-state index is 0.0943. The molecule has 0 unspecified atom stereocenters. The maximum atomic E-state index is 11.6. The van der Waals surface area contributed by atoms with Gasteiger partial charge in [0.1, 0.15) is 0 Å². The molecule has 2 N–H and O–H groups in total. The molecular weight excluding hydrogens is 247 g/mol. The summed E-state index contributed by atoms with van der Waals surface area (Å²) < 4.78 is 11.6. The zero-order chi connectivity index (χ0) is 12.8. The molecule has 0 saturated heterocycles. The summed E-state index contributed by atoms with van der Waals surface area (Å²) in [5.74, 6) is 0. The van der Waals surface area contributed by atoms with Gasteiger partial charge in [-0.25, -0.2) is 0 Å². The number of fused-ring (bicyclic) bond motifs is 3. The first-order valence-electron chi connectivity index (χ1n) is 5.54. The second-order valence-corrected chi connectivity index (χ2v) is 5.78. The molecule has 0 bridgehead atoms. The fourth-order valence-electron chi connectivity index (χ4n) is 2.28. The van der Waals surface area contributed by atoms with E-state index in [-0.39, 0.29) is 5.30 Å².